The topological polar surface area (TPSA) is 74.5 Å². The smallest absolute Gasteiger partial charge is 0.463 e. The molecule has 0 aliphatic rings. The minimum atomic E-state index is -5.04. The summed E-state index contributed by atoms with van der Waals surface area (Å²) in [6.07, 6.45) is -5.04. The number of methoxy groups -OCH3 is 1. The molecule has 18 heavy (non-hydrogen) atoms. The lowest BCUT2D eigenvalue weighted by Crippen LogP contribution is -2.19. The van der Waals surface area contributed by atoms with E-state index in [9.17, 15) is 23.3 Å². The first-order valence-electron chi connectivity index (χ1n) is 4.32. The molecule has 0 N–H and O–H groups in total. The van der Waals surface area contributed by atoms with Gasteiger partial charge < -0.3 is 19.6 Å². The second-order valence-corrected chi connectivity index (χ2v) is 3.48. The predicted octanol–water partition coefficient (Wildman–Crippen LogP) is 2.79. The van der Waals surface area contributed by atoms with Crippen LogP contribution < -0.4 is 9.47 Å². The molecular weight excluding hydrogens is 325 g/mol. The van der Waals surface area contributed by atoms with Crippen molar-refractivity contribution in [2.45, 2.75) is 11.7 Å². The average molecular weight is 331 g/mol. The van der Waals surface area contributed by atoms with Crippen LogP contribution in [0.15, 0.2) is 6.07 Å². The Morgan fingerprint density at radius 2 is 2.17 bits per heavy atom. The van der Waals surface area contributed by atoms with Crippen molar-refractivity contribution in [3.63, 3.8) is 0 Å². The van der Waals surface area contributed by atoms with Gasteiger partial charge in [0, 0.05) is 21.9 Å². The van der Waals surface area contributed by atoms with Crippen molar-refractivity contribution in [2.75, 3.05) is 7.11 Å². The van der Waals surface area contributed by atoms with Crippen LogP contribution in [0.4, 0.5) is 19.0 Å². The van der Waals surface area contributed by atoms with E-state index in [-0.39, 0.29) is 16.8 Å². The number of alkyl halides is 4. The van der Waals surface area contributed by atoms with E-state index >= 15 is 0 Å². The Labute approximate surface area is 107 Å². The van der Waals surface area contributed by atoms with Crippen molar-refractivity contribution in [2.24, 2.45) is 0 Å². The van der Waals surface area contributed by atoms with E-state index < -0.39 is 22.9 Å². The molecule has 0 saturated carbocycles. The maximum absolute atomic E-state index is 12.2. The number of aromatic nitrogens is 1. The summed E-state index contributed by atoms with van der Waals surface area (Å²) in [5.74, 6) is -2.18. The van der Waals surface area contributed by atoms with Crippen LogP contribution in [-0.4, -0.2) is 23.4 Å². The lowest BCUT2D eigenvalue weighted by molar-refractivity contribution is -0.393. The molecule has 100 valence electrons. The number of hydrogen-bond acceptors (Lipinski definition) is 5. The molecule has 0 amide bonds. The van der Waals surface area contributed by atoms with Crippen LogP contribution in [0.1, 0.15) is 5.56 Å². The molecule has 1 aromatic rings. The lowest BCUT2D eigenvalue weighted by Gasteiger charge is -2.11. The Morgan fingerprint density at radius 3 is 2.56 bits per heavy atom. The summed E-state index contributed by atoms with van der Waals surface area (Å²) >= 11 is 2.91. The Balaban J connectivity index is 3.39. The van der Waals surface area contributed by atoms with Gasteiger partial charge >= 0.3 is 18.1 Å². The van der Waals surface area contributed by atoms with Gasteiger partial charge in [-0.1, -0.05) is 15.9 Å². The molecule has 0 fully saturated rings. The van der Waals surface area contributed by atoms with Crippen molar-refractivity contribution >= 4 is 21.7 Å². The van der Waals surface area contributed by atoms with Gasteiger partial charge in [0.05, 0.1) is 7.11 Å². The Kier molecular flexibility index (Phi) is 4.33. The van der Waals surface area contributed by atoms with E-state index in [4.69, 9.17) is 0 Å². The normalized spacial score (nSPS) is 11.2. The number of nitro groups is 1. The molecule has 0 atom stereocenters. The zero-order valence-electron chi connectivity index (χ0n) is 8.82. The van der Waals surface area contributed by atoms with Crippen molar-refractivity contribution in [1.29, 1.82) is 0 Å². The van der Waals surface area contributed by atoms with E-state index in [2.05, 4.69) is 30.4 Å². The molecule has 1 aromatic heterocycles. The average Bonchev–Trinajstić information content (AvgIpc) is 2.26. The molecule has 0 radical (unpaired) electrons. The molecule has 0 saturated heterocycles. The third kappa shape index (κ3) is 3.45. The fourth-order valence-electron chi connectivity index (χ4n) is 1.10. The fraction of sp³-hybridized carbons (Fsp3) is 0.375. The minimum absolute atomic E-state index is 0.0852. The third-order valence-electron chi connectivity index (χ3n) is 1.75. The highest BCUT2D eigenvalue weighted by Gasteiger charge is 2.37. The van der Waals surface area contributed by atoms with Gasteiger partial charge in [0.15, 0.2) is 0 Å². The number of pyridine rings is 1. The van der Waals surface area contributed by atoms with Gasteiger partial charge in [0.2, 0.25) is 5.75 Å². The van der Waals surface area contributed by atoms with Crippen molar-refractivity contribution < 1.29 is 27.6 Å². The van der Waals surface area contributed by atoms with Crippen LogP contribution >= 0.6 is 15.9 Å². The second kappa shape index (κ2) is 5.38. The molecule has 1 rings (SSSR count). The van der Waals surface area contributed by atoms with Crippen molar-refractivity contribution in [3.05, 3.63) is 21.7 Å². The maximum atomic E-state index is 12.2. The molecule has 0 aliphatic carbocycles. The Bertz CT molecular complexity index is 466. The highest BCUT2D eigenvalue weighted by molar-refractivity contribution is 9.08. The lowest BCUT2D eigenvalue weighted by atomic mass is 10.2. The fourth-order valence-corrected chi connectivity index (χ4v) is 1.52. The third-order valence-corrected chi connectivity index (χ3v) is 2.36. The summed E-state index contributed by atoms with van der Waals surface area (Å²) in [5.41, 5.74) is -0.0918. The monoisotopic (exact) mass is 330 g/mol. The van der Waals surface area contributed by atoms with E-state index in [1.165, 1.54) is 7.11 Å². The van der Waals surface area contributed by atoms with Crippen molar-refractivity contribution in [1.82, 2.24) is 4.98 Å². The number of hydrogen-bond donors (Lipinski definition) is 0. The predicted molar refractivity (Wildman–Crippen MR) is 56.8 cm³/mol. The van der Waals surface area contributed by atoms with E-state index in [0.29, 0.717) is 0 Å². The van der Waals surface area contributed by atoms with Gasteiger partial charge in [-0.15, -0.1) is 13.2 Å². The zero-order valence-corrected chi connectivity index (χ0v) is 10.4. The summed E-state index contributed by atoms with van der Waals surface area (Å²) in [6.45, 7) is 0. The molecular formula is C8H6BrF3N2O4. The first-order valence-corrected chi connectivity index (χ1v) is 5.44. The maximum Gasteiger partial charge on any atom is 0.573 e. The zero-order chi connectivity index (χ0) is 13.9. The number of halogens is 4. The Hall–Kier alpha value is -1.58. The van der Waals surface area contributed by atoms with Crippen molar-refractivity contribution in [3.8, 4) is 11.6 Å². The standard InChI is InChI=1S/C8H6BrF3N2O4/c1-17-5-2-4(3-9)6(18-8(10,11)12)7(13-5)14(15)16/h2H,3H2,1H3. The summed E-state index contributed by atoms with van der Waals surface area (Å²) in [7, 11) is 1.19. The number of rotatable bonds is 4. The molecule has 1 heterocycles. The first kappa shape index (κ1) is 14.5. The SMILES string of the molecule is COc1cc(CBr)c(OC(F)(F)F)c([N+](=O)[O-])n1. The van der Waals surface area contributed by atoms with Crippen LogP contribution in [0, 0.1) is 10.1 Å². The number of ether oxygens (including phenoxy) is 2. The summed E-state index contributed by atoms with van der Waals surface area (Å²) in [6, 6.07) is 1.11. The van der Waals surface area contributed by atoms with Gasteiger partial charge in [0.1, 0.15) is 0 Å². The molecule has 10 heteroatoms. The summed E-state index contributed by atoms with van der Waals surface area (Å²) in [4.78, 5) is 12.9. The molecule has 6 nitrogen and oxygen atoms in total. The molecule has 0 aliphatic heterocycles. The Morgan fingerprint density at radius 1 is 1.56 bits per heavy atom. The minimum Gasteiger partial charge on any atom is -0.463 e. The van der Waals surface area contributed by atoms with E-state index in [0.717, 1.165) is 6.07 Å². The molecule has 0 unspecified atom stereocenters. The van der Waals surface area contributed by atoms with Crippen LogP contribution in [-0.2, 0) is 5.33 Å². The summed E-state index contributed by atoms with van der Waals surface area (Å²) < 4.78 is 44.8. The van der Waals surface area contributed by atoms with Crippen LogP contribution in [0.2, 0.25) is 0 Å². The van der Waals surface area contributed by atoms with E-state index in [1.807, 2.05) is 0 Å². The van der Waals surface area contributed by atoms with Crippen LogP contribution in [0.25, 0.3) is 0 Å². The molecule has 0 bridgehead atoms. The van der Waals surface area contributed by atoms with Gasteiger partial charge in [-0.3, -0.25) is 0 Å². The van der Waals surface area contributed by atoms with Gasteiger partial charge in [-0.2, -0.15) is 0 Å². The first-order chi connectivity index (χ1) is 8.28. The van der Waals surface area contributed by atoms with Gasteiger partial charge in [-0.25, -0.2) is 0 Å². The summed E-state index contributed by atoms with van der Waals surface area (Å²) in [5, 5.41) is 10.6. The van der Waals surface area contributed by atoms with Gasteiger partial charge in [-0.05, 0) is 4.92 Å². The molecule has 0 spiro atoms. The highest BCUT2D eigenvalue weighted by atomic mass is 79.9. The van der Waals surface area contributed by atoms with Gasteiger partial charge in [0.25, 0.3) is 0 Å². The quantitative estimate of drug-likeness (QED) is 0.482. The van der Waals surface area contributed by atoms with Crippen LogP contribution in [0.5, 0.6) is 11.6 Å². The largest absolute Gasteiger partial charge is 0.573 e. The number of nitrogens with zero attached hydrogens (tertiary/aromatic N) is 2. The molecule has 0 aromatic carbocycles. The van der Waals surface area contributed by atoms with E-state index in [1.54, 1.807) is 0 Å². The van der Waals surface area contributed by atoms with Crippen LogP contribution in [0.3, 0.4) is 0 Å². The highest BCUT2D eigenvalue weighted by Crippen LogP contribution is 2.37. The second-order valence-electron chi connectivity index (χ2n) is 2.92.